The molecule has 1 unspecified atom stereocenters. The van der Waals surface area contributed by atoms with Crippen LogP contribution in [0.1, 0.15) is 40.4 Å². The molecule has 3 rings (SSSR count). The highest BCUT2D eigenvalue weighted by atomic mass is 16.2. The van der Waals surface area contributed by atoms with Gasteiger partial charge in [0.15, 0.2) is 0 Å². The fraction of sp³-hybridized carbons (Fsp3) is 0.278. The Kier molecular flexibility index (Phi) is 3.65. The minimum absolute atomic E-state index is 0.0769. The minimum Gasteiger partial charge on any atom is -0.399 e. The Hall–Kier alpha value is -2.29. The van der Waals surface area contributed by atoms with Crippen molar-refractivity contribution in [3.05, 3.63) is 65.2 Å². The molecule has 0 aromatic heterocycles. The van der Waals surface area contributed by atoms with E-state index in [0.29, 0.717) is 11.3 Å². The molecule has 1 aliphatic rings. The second kappa shape index (κ2) is 5.60. The van der Waals surface area contributed by atoms with E-state index in [1.165, 1.54) is 11.1 Å². The zero-order chi connectivity index (χ0) is 14.8. The third kappa shape index (κ3) is 2.64. The number of carbonyl (C=O) groups is 1. The van der Waals surface area contributed by atoms with Crippen LogP contribution < -0.4 is 5.73 Å². The molecule has 1 amide bonds. The van der Waals surface area contributed by atoms with E-state index in [2.05, 4.69) is 19.1 Å². The van der Waals surface area contributed by atoms with Gasteiger partial charge < -0.3 is 10.6 Å². The van der Waals surface area contributed by atoms with Crippen molar-refractivity contribution in [1.29, 1.82) is 0 Å². The molecule has 1 atom stereocenters. The number of nitrogen functional groups attached to an aromatic ring is 1. The Balaban J connectivity index is 1.91. The topological polar surface area (TPSA) is 46.3 Å². The van der Waals surface area contributed by atoms with Crippen molar-refractivity contribution < 1.29 is 4.79 Å². The molecule has 2 aromatic carbocycles. The maximum atomic E-state index is 12.8. The summed E-state index contributed by atoms with van der Waals surface area (Å²) < 4.78 is 0. The number of hydrogen-bond donors (Lipinski definition) is 1. The average molecular weight is 280 g/mol. The standard InChI is InChI=1S/C18H20N2O/c1-13-6-2-3-9-16(13)17-10-5-11-20(17)18(21)14-7-4-8-15(19)12-14/h2-4,6-9,12,17H,5,10-11,19H2,1H3. The fourth-order valence-corrected chi connectivity index (χ4v) is 3.13. The lowest BCUT2D eigenvalue weighted by molar-refractivity contribution is 0.0735. The number of nitrogens with zero attached hydrogens (tertiary/aromatic N) is 1. The third-order valence-electron chi connectivity index (χ3n) is 4.19. The van der Waals surface area contributed by atoms with Crippen LogP contribution in [0.3, 0.4) is 0 Å². The second-order valence-corrected chi connectivity index (χ2v) is 5.64. The molecule has 0 radical (unpaired) electrons. The van der Waals surface area contributed by atoms with Crippen molar-refractivity contribution in [1.82, 2.24) is 4.90 Å². The summed E-state index contributed by atoms with van der Waals surface area (Å²) in [6.45, 7) is 2.92. The fourth-order valence-electron chi connectivity index (χ4n) is 3.13. The molecule has 2 aromatic rings. The predicted octanol–water partition coefficient (Wildman–Crippen LogP) is 3.55. The van der Waals surface area contributed by atoms with Gasteiger partial charge >= 0.3 is 0 Å². The predicted molar refractivity (Wildman–Crippen MR) is 85.0 cm³/mol. The summed E-state index contributed by atoms with van der Waals surface area (Å²) in [6.07, 6.45) is 2.08. The maximum absolute atomic E-state index is 12.8. The van der Waals surface area contributed by atoms with Crippen LogP contribution in [0.15, 0.2) is 48.5 Å². The van der Waals surface area contributed by atoms with Crippen LogP contribution in [0.2, 0.25) is 0 Å². The highest BCUT2D eigenvalue weighted by molar-refractivity contribution is 5.95. The summed E-state index contributed by atoms with van der Waals surface area (Å²) in [5.74, 6) is 0.0769. The zero-order valence-electron chi connectivity index (χ0n) is 12.3. The smallest absolute Gasteiger partial charge is 0.254 e. The molecule has 0 saturated carbocycles. The van der Waals surface area contributed by atoms with Crippen molar-refractivity contribution >= 4 is 11.6 Å². The first-order valence-electron chi connectivity index (χ1n) is 7.39. The van der Waals surface area contributed by atoms with E-state index in [1.54, 1.807) is 12.1 Å². The van der Waals surface area contributed by atoms with E-state index in [9.17, 15) is 4.79 Å². The number of rotatable bonds is 2. The molecule has 0 bridgehead atoms. The van der Waals surface area contributed by atoms with Gasteiger partial charge in [0.1, 0.15) is 0 Å². The van der Waals surface area contributed by atoms with Crippen LogP contribution in [-0.4, -0.2) is 17.4 Å². The largest absolute Gasteiger partial charge is 0.399 e. The van der Waals surface area contributed by atoms with Gasteiger partial charge in [-0.15, -0.1) is 0 Å². The Morgan fingerprint density at radius 2 is 2.00 bits per heavy atom. The molecule has 21 heavy (non-hydrogen) atoms. The van der Waals surface area contributed by atoms with Gasteiger partial charge in [0, 0.05) is 17.8 Å². The van der Waals surface area contributed by atoms with Crippen LogP contribution in [-0.2, 0) is 0 Å². The van der Waals surface area contributed by atoms with Gasteiger partial charge in [-0.3, -0.25) is 4.79 Å². The van der Waals surface area contributed by atoms with E-state index < -0.39 is 0 Å². The van der Waals surface area contributed by atoms with Gasteiger partial charge in [-0.1, -0.05) is 30.3 Å². The highest BCUT2D eigenvalue weighted by Crippen LogP contribution is 2.34. The van der Waals surface area contributed by atoms with Crippen LogP contribution in [0, 0.1) is 6.92 Å². The summed E-state index contributed by atoms with van der Waals surface area (Å²) in [6, 6.07) is 15.7. The van der Waals surface area contributed by atoms with Gasteiger partial charge in [0.25, 0.3) is 5.91 Å². The number of benzene rings is 2. The first-order chi connectivity index (χ1) is 10.2. The molecule has 1 saturated heterocycles. The summed E-state index contributed by atoms with van der Waals surface area (Å²) in [5, 5.41) is 0. The molecule has 0 aliphatic carbocycles. The van der Waals surface area contributed by atoms with E-state index in [4.69, 9.17) is 5.73 Å². The number of anilines is 1. The first kappa shape index (κ1) is 13.7. The van der Waals surface area contributed by atoms with Gasteiger partial charge in [-0.2, -0.15) is 0 Å². The van der Waals surface area contributed by atoms with Gasteiger partial charge in [0.2, 0.25) is 0 Å². The van der Waals surface area contributed by atoms with Gasteiger partial charge in [-0.05, 0) is 49.1 Å². The lowest BCUT2D eigenvalue weighted by atomic mass is 9.99. The number of hydrogen-bond acceptors (Lipinski definition) is 2. The monoisotopic (exact) mass is 280 g/mol. The normalized spacial score (nSPS) is 18.0. The Labute approximate surface area is 125 Å². The molecule has 108 valence electrons. The highest BCUT2D eigenvalue weighted by Gasteiger charge is 2.31. The average Bonchev–Trinajstić information content (AvgIpc) is 2.96. The third-order valence-corrected chi connectivity index (χ3v) is 4.19. The van der Waals surface area contributed by atoms with Crippen LogP contribution >= 0.6 is 0 Å². The summed E-state index contributed by atoms with van der Waals surface area (Å²) in [4.78, 5) is 14.7. The molecule has 3 nitrogen and oxygen atoms in total. The second-order valence-electron chi connectivity index (χ2n) is 5.64. The summed E-state index contributed by atoms with van der Waals surface area (Å²) in [5.41, 5.74) is 9.60. The van der Waals surface area contributed by atoms with E-state index in [-0.39, 0.29) is 11.9 Å². The minimum atomic E-state index is 0.0769. The van der Waals surface area contributed by atoms with E-state index in [0.717, 1.165) is 19.4 Å². The van der Waals surface area contributed by atoms with Crippen molar-refractivity contribution in [2.24, 2.45) is 0 Å². The summed E-state index contributed by atoms with van der Waals surface area (Å²) >= 11 is 0. The quantitative estimate of drug-likeness (QED) is 0.855. The lowest BCUT2D eigenvalue weighted by Crippen LogP contribution is -2.30. The van der Waals surface area contributed by atoms with Crippen LogP contribution in [0.5, 0.6) is 0 Å². The van der Waals surface area contributed by atoms with Crippen molar-refractivity contribution in [3.63, 3.8) is 0 Å². The van der Waals surface area contributed by atoms with E-state index >= 15 is 0 Å². The molecule has 1 fully saturated rings. The van der Waals surface area contributed by atoms with Crippen molar-refractivity contribution in [2.75, 3.05) is 12.3 Å². The number of amides is 1. The summed E-state index contributed by atoms with van der Waals surface area (Å²) in [7, 11) is 0. The van der Waals surface area contributed by atoms with Gasteiger partial charge in [-0.25, -0.2) is 0 Å². The number of aryl methyl sites for hydroxylation is 1. The maximum Gasteiger partial charge on any atom is 0.254 e. The molecule has 2 N–H and O–H groups in total. The van der Waals surface area contributed by atoms with Gasteiger partial charge in [0.05, 0.1) is 6.04 Å². The number of carbonyl (C=O) groups excluding carboxylic acids is 1. The van der Waals surface area contributed by atoms with Crippen molar-refractivity contribution in [2.45, 2.75) is 25.8 Å². The molecule has 1 heterocycles. The number of nitrogens with two attached hydrogens (primary N) is 1. The lowest BCUT2D eigenvalue weighted by Gasteiger charge is -2.26. The molecule has 1 aliphatic heterocycles. The molecular formula is C18H20N2O. The van der Waals surface area contributed by atoms with E-state index in [1.807, 2.05) is 29.2 Å². The Morgan fingerprint density at radius 3 is 2.76 bits per heavy atom. The van der Waals surface area contributed by atoms with Crippen LogP contribution in [0.4, 0.5) is 5.69 Å². The molecule has 0 spiro atoms. The number of likely N-dealkylation sites (tertiary alicyclic amines) is 1. The van der Waals surface area contributed by atoms with Crippen molar-refractivity contribution in [3.8, 4) is 0 Å². The zero-order valence-corrected chi connectivity index (χ0v) is 12.3. The first-order valence-corrected chi connectivity index (χ1v) is 7.39. The Morgan fingerprint density at radius 1 is 1.19 bits per heavy atom. The Bertz CT molecular complexity index is 666. The molecule has 3 heteroatoms. The molecular weight excluding hydrogens is 260 g/mol. The SMILES string of the molecule is Cc1ccccc1C1CCCN1C(=O)c1cccc(N)c1. The van der Waals surface area contributed by atoms with Crippen LogP contribution in [0.25, 0.3) is 0 Å².